The van der Waals surface area contributed by atoms with E-state index in [-0.39, 0.29) is 11.9 Å². The Hall–Kier alpha value is -1.95. The van der Waals surface area contributed by atoms with Crippen LogP contribution < -0.4 is 10.5 Å². The van der Waals surface area contributed by atoms with Gasteiger partial charge >= 0.3 is 0 Å². The average Bonchev–Trinajstić information content (AvgIpc) is 2.86. The largest absolute Gasteiger partial charge is 0.496 e. The number of nitrogens with zero attached hydrogens (tertiary/aromatic N) is 3. The Morgan fingerprint density at radius 3 is 2.95 bits per heavy atom. The first kappa shape index (κ1) is 13.5. The molecule has 2 rings (SSSR count). The highest BCUT2D eigenvalue weighted by Gasteiger charge is 2.10. The van der Waals surface area contributed by atoms with Crippen molar-refractivity contribution >= 4 is 0 Å². The summed E-state index contributed by atoms with van der Waals surface area (Å²) in [5.74, 6) is 0.319. The minimum atomic E-state index is -0.304. The molecule has 5 nitrogen and oxygen atoms in total. The van der Waals surface area contributed by atoms with Gasteiger partial charge in [-0.15, -0.1) is 5.10 Å². The molecule has 1 heterocycles. The Balaban J connectivity index is 2.21. The maximum absolute atomic E-state index is 13.3. The maximum atomic E-state index is 13.3. The Morgan fingerprint density at radius 1 is 1.47 bits per heavy atom. The molecule has 0 fully saturated rings. The summed E-state index contributed by atoms with van der Waals surface area (Å²) in [6, 6.07) is 4.27. The number of nitrogens with two attached hydrogens (primary N) is 1. The van der Waals surface area contributed by atoms with Crippen molar-refractivity contribution in [3.05, 3.63) is 41.5 Å². The van der Waals surface area contributed by atoms with Gasteiger partial charge in [-0.3, -0.25) is 0 Å². The molecule has 0 amide bonds. The van der Waals surface area contributed by atoms with E-state index in [1.807, 2.05) is 6.92 Å². The van der Waals surface area contributed by atoms with Crippen LogP contribution in [0.2, 0.25) is 0 Å². The highest BCUT2D eigenvalue weighted by molar-refractivity contribution is 5.34. The summed E-state index contributed by atoms with van der Waals surface area (Å²) < 4.78 is 20.1. The molecule has 0 saturated carbocycles. The van der Waals surface area contributed by atoms with Crippen LogP contribution in [0.5, 0.6) is 5.75 Å². The summed E-state index contributed by atoms with van der Waals surface area (Å²) in [5, 5.41) is 8.01. The lowest BCUT2D eigenvalue weighted by molar-refractivity contribution is 0.405. The summed E-state index contributed by atoms with van der Waals surface area (Å²) in [4.78, 5) is 0. The highest BCUT2D eigenvalue weighted by Crippen LogP contribution is 2.20. The lowest BCUT2D eigenvalue weighted by atomic mass is 10.2. The zero-order valence-corrected chi connectivity index (χ0v) is 11.0. The summed E-state index contributed by atoms with van der Waals surface area (Å²) in [6.45, 7) is 2.38. The third-order valence-electron chi connectivity index (χ3n) is 2.95. The molecule has 0 spiro atoms. The smallest absolute Gasteiger partial charge is 0.124 e. The second-order valence-electron chi connectivity index (χ2n) is 4.31. The van der Waals surface area contributed by atoms with E-state index in [1.54, 1.807) is 24.1 Å². The maximum Gasteiger partial charge on any atom is 0.124 e. The lowest BCUT2D eigenvalue weighted by Crippen LogP contribution is -2.08. The van der Waals surface area contributed by atoms with E-state index in [1.165, 1.54) is 12.1 Å². The van der Waals surface area contributed by atoms with E-state index in [0.717, 1.165) is 12.1 Å². The number of hydrogen-bond donors (Lipinski definition) is 1. The second-order valence-corrected chi connectivity index (χ2v) is 4.31. The van der Waals surface area contributed by atoms with Crippen LogP contribution >= 0.6 is 0 Å². The van der Waals surface area contributed by atoms with E-state index in [9.17, 15) is 4.39 Å². The second kappa shape index (κ2) is 5.79. The predicted molar refractivity (Wildman–Crippen MR) is 69.3 cm³/mol. The van der Waals surface area contributed by atoms with Crippen molar-refractivity contribution in [3.63, 3.8) is 0 Å². The minimum absolute atomic E-state index is 0.122. The number of methoxy groups -OCH3 is 1. The fourth-order valence-electron chi connectivity index (χ4n) is 1.81. The van der Waals surface area contributed by atoms with Crippen molar-refractivity contribution in [2.24, 2.45) is 5.73 Å². The minimum Gasteiger partial charge on any atom is -0.496 e. The zero-order valence-electron chi connectivity index (χ0n) is 11.0. The Kier molecular flexibility index (Phi) is 4.11. The normalized spacial score (nSPS) is 12.4. The van der Waals surface area contributed by atoms with Gasteiger partial charge < -0.3 is 10.5 Å². The Labute approximate surface area is 111 Å². The molecule has 6 heteroatoms. The molecule has 0 saturated heterocycles. The first-order chi connectivity index (χ1) is 9.13. The molecule has 1 aromatic heterocycles. The molecule has 2 N–H and O–H groups in total. The molecule has 19 heavy (non-hydrogen) atoms. The topological polar surface area (TPSA) is 66.0 Å². The molecule has 1 atom stereocenters. The van der Waals surface area contributed by atoms with Gasteiger partial charge in [0.15, 0.2) is 0 Å². The Bertz CT molecular complexity index is 555. The van der Waals surface area contributed by atoms with Gasteiger partial charge in [-0.25, -0.2) is 9.07 Å². The SMILES string of the molecule is CCC(N)c1cn(Cc2cc(F)ccc2OC)nn1. The van der Waals surface area contributed by atoms with Crippen molar-refractivity contribution in [1.82, 2.24) is 15.0 Å². The third kappa shape index (κ3) is 3.08. The molecule has 1 aromatic carbocycles. The van der Waals surface area contributed by atoms with Gasteiger partial charge in [0.25, 0.3) is 0 Å². The van der Waals surface area contributed by atoms with Crippen molar-refractivity contribution in [3.8, 4) is 5.75 Å². The number of rotatable bonds is 5. The third-order valence-corrected chi connectivity index (χ3v) is 2.95. The molecule has 102 valence electrons. The van der Waals surface area contributed by atoms with Crippen LogP contribution in [0.3, 0.4) is 0 Å². The average molecular weight is 264 g/mol. The Morgan fingerprint density at radius 2 is 2.26 bits per heavy atom. The number of halogens is 1. The lowest BCUT2D eigenvalue weighted by Gasteiger charge is -2.08. The fraction of sp³-hybridized carbons (Fsp3) is 0.385. The van der Waals surface area contributed by atoms with Gasteiger partial charge in [0.1, 0.15) is 11.6 Å². The van der Waals surface area contributed by atoms with Gasteiger partial charge in [0.2, 0.25) is 0 Å². The number of benzene rings is 1. The number of aromatic nitrogens is 3. The van der Waals surface area contributed by atoms with Crippen molar-refractivity contribution in [1.29, 1.82) is 0 Å². The first-order valence-electron chi connectivity index (χ1n) is 6.12. The fourth-order valence-corrected chi connectivity index (χ4v) is 1.81. The van der Waals surface area contributed by atoms with Gasteiger partial charge in [-0.2, -0.15) is 0 Å². The molecular weight excluding hydrogens is 247 g/mol. The number of ether oxygens (including phenoxy) is 1. The van der Waals surface area contributed by atoms with Crippen LogP contribution in [0.15, 0.2) is 24.4 Å². The molecule has 0 aliphatic rings. The molecule has 0 radical (unpaired) electrons. The quantitative estimate of drug-likeness (QED) is 0.895. The highest BCUT2D eigenvalue weighted by atomic mass is 19.1. The van der Waals surface area contributed by atoms with E-state index < -0.39 is 0 Å². The molecule has 0 aliphatic carbocycles. The summed E-state index contributed by atoms with van der Waals surface area (Å²) in [7, 11) is 1.55. The van der Waals surface area contributed by atoms with Crippen molar-refractivity contribution < 1.29 is 9.13 Å². The molecule has 0 aliphatic heterocycles. The summed E-state index contributed by atoms with van der Waals surface area (Å²) in [6.07, 6.45) is 2.57. The van der Waals surface area contributed by atoms with Crippen LogP contribution in [0.25, 0.3) is 0 Å². The van der Waals surface area contributed by atoms with Gasteiger partial charge in [0.05, 0.1) is 31.6 Å². The molecular formula is C13H17FN4O. The zero-order chi connectivity index (χ0) is 13.8. The van der Waals surface area contributed by atoms with E-state index in [4.69, 9.17) is 10.5 Å². The van der Waals surface area contributed by atoms with Gasteiger partial charge in [-0.05, 0) is 24.6 Å². The monoisotopic (exact) mass is 264 g/mol. The summed E-state index contributed by atoms with van der Waals surface area (Å²) in [5.41, 5.74) is 7.33. The molecule has 2 aromatic rings. The van der Waals surface area contributed by atoms with E-state index in [0.29, 0.717) is 17.9 Å². The molecule has 0 bridgehead atoms. The standard InChI is InChI=1S/C13H17FN4O/c1-3-11(15)12-8-18(17-16-12)7-9-6-10(14)4-5-13(9)19-2/h4-6,8,11H,3,7,15H2,1-2H3. The predicted octanol–water partition coefficient (Wildman–Crippen LogP) is 1.88. The van der Waals surface area contributed by atoms with Crippen LogP contribution in [-0.4, -0.2) is 22.1 Å². The van der Waals surface area contributed by atoms with E-state index >= 15 is 0 Å². The van der Waals surface area contributed by atoms with Gasteiger partial charge in [-0.1, -0.05) is 12.1 Å². The number of hydrogen-bond acceptors (Lipinski definition) is 4. The van der Waals surface area contributed by atoms with Crippen LogP contribution in [0, 0.1) is 5.82 Å². The summed E-state index contributed by atoms with van der Waals surface area (Å²) >= 11 is 0. The molecule has 1 unspecified atom stereocenters. The van der Waals surface area contributed by atoms with Crippen LogP contribution in [0.4, 0.5) is 4.39 Å². The first-order valence-corrected chi connectivity index (χ1v) is 6.12. The van der Waals surface area contributed by atoms with E-state index in [2.05, 4.69) is 10.3 Å². The van der Waals surface area contributed by atoms with Crippen molar-refractivity contribution in [2.45, 2.75) is 25.9 Å². The van der Waals surface area contributed by atoms with Gasteiger partial charge in [0, 0.05) is 5.56 Å². The van der Waals surface area contributed by atoms with Crippen LogP contribution in [-0.2, 0) is 6.54 Å². The van der Waals surface area contributed by atoms with Crippen molar-refractivity contribution in [2.75, 3.05) is 7.11 Å². The van der Waals surface area contributed by atoms with Crippen LogP contribution in [0.1, 0.15) is 30.6 Å².